The topological polar surface area (TPSA) is 122 Å². The summed E-state index contributed by atoms with van der Waals surface area (Å²) in [5, 5.41) is 26.2. The predicted molar refractivity (Wildman–Crippen MR) is 101 cm³/mol. The second-order valence-corrected chi connectivity index (χ2v) is 5.72. The average molecular weight is 363 g/mol. The molecule has 2 aromatic heterocycles. The zero-order valence-corrected chi connectivity index (χ0v) is 14.4. The van der Waals surface area contributed by atoms with E-state index < -0.39 is 4.92 Å². The van der Waals surface area contributed by atoms with Gasteiger partial charge in [0.05, 0.1) is 22.9 Å². The van der Waals surface area contributed by atoms with Gasteiger partial charge in [0.25, 0.3) is 0 Å². The van der Waals surface area contributed by atoms with Crippen LogP contribution in [0, 0.1) is 21.4 Å². The maximum Gasteiger partial charge on any atom is 0.311 e. The van der Waals surface area contributed by atoms with Crippen molar-refractivity contribution in [2.45, 2.75) is 13.0 Å². The van der Waals surface area contributed by atoms with Crippen LogP contribution < -0.4 is 10.6 Å². The minimum atomic E-state index is -0.484. The molecule has 0 saturated heterocycles. The molecule has 2 N–H and O–H groups in total. The molecule has 0 aliphatic heterocycles. The van der Waals surface area contributed by atoms with Gasteiger partial charge in [0.1, 0.15) is 5.82 Å². The summed E-state index contributed by atoms with van der Waals surface area (Å²) in [4.78, 5) is 19.1. The van der Waals surface area contributed by atoms with Gasteiger partial charge in [-0.2, -0.15) is 5.26 Å². The Morgan fingerprint density at radius 1 is 1.22 bits per heavy atom. The Balaban J connectivity index is 1.68. The van der Waals surface area contributed by atoms with Gasteiger partial charge in [-0.1, -0.05) is 0 Å². The molecule has 0 unspecified atom stereocenters. The Morgan fingerprint density at radius 3 is 2.70 bits per heavy atom. The molecule has 0 amide bonds. The predicted octanol–water partition coefficient (Wildman–Crippen LogP) is 3.30. The lowest BCUT2D eigenvalue weighted by Gasteiger charge is -2.10. The summed E-state index contributed by atoms with van der Waals surface area (Å²) in [6.45, 7) is 1.48. The molecule has 3 rings (SSSR count). The third-order valence-electron chi connectivity index (χ3n) is 3.81. The second-order valence-electron chi connectivity index (χ2n) is 5.72. The Labute approximate surface area is 155 Å². The van der Waals surface area contributed by atoms with Crippen LogP contribution in [-0.2, 0) is 6.54 Å². The van der Waals surface area contributed by atoms with Gasteiger partial charge in [-0.05, 0) is 36.8 Å². The van der Waals surface area contributed by atoms with E-state index in [1.54, 1.807) is 42.9 Å². The highest BCUT2D eigenvalue weighted by Gasteiger charge is 2.16. The standard InChI is InChI=1S/C18H17N7O2/c19-12-14-2-4-15(5-3-14)22-18-16(25(26)27)6-7-17(23-18)21-8-1-10-24-11-9-20-13-24/h2-7,9,11,13H,1,8,10H2,(H2,21,22,23). The molecule has 9 nitrogen and oxygen atoms in total. The van der Waals surface area contributed by atoms with Crippen LogP contribution in [0.5, 0.6) is 0 Å². The summed E-state index contributed by atoms with van der Waals surface area (Å²) < 4.78 is 1.98. The number of hydrogen-bond acceptors (Lipinski definition) is 7. The Hall–Kier alpha value is -3.93. The van der Waals surface area contributed by atoms with Crippen molar-refractivity contribution in [1.82, 2.24) is 14.5 Å². The highest BCUT2D eigenvalue weighted by molar-refractivity contribution is 5.68. The molecule has 1 aromatic carbocycles. The van der Waals surface area contributed by atoms with Gasteiger partial charge in [0, 0.05) is 37.2 Å². The molecule has 27 heavy (non-hydrogen) atoms. The van der Waals surface area contributed by atoms with Crippen molar-refractivity contribution in [1.29, 1.82) is 5.26 Å². The van der Waals surface area contributed by atoms with E-state index in [9.17, 15) is 10.1 Å². The summed E-state index contributed by atoms with van der Waals surface area (Å²) >= 11 is 0. The third kappa shape index (κ3) is 4.79. The Bertz CT molecular complexity index is 947. The zero-order chi connectivity index (χ0) is 19.1. The molecule has 0 aliphatic rings. The monoisotopic (exact) mass is 363 g/mol. The SMILES string of the molecule is N#Cc1ccc(Nc2nc(NCCCn3ccnc3)ccc2[N+](=O)[O-])cc1. The molecule has 9 heteroatoms. The number of nitrogens with one attached hydrogen (secondary N) is 2. The minimum Gasteiger partial charge on any atom is -0.370 e. The highest BCUT2D eigenvalue weighted by Crippen LogP contribution is 2.27. The van der Waals surface area contributed by atoms with Crippen LogP contribution in [0.1, 0.15) is 12.0 Å². The summed E-state index contributed by atoms with van der Waals surface area (Å²) in [5.74, 6) is 0.687. The van der Waals surface area contributed by atoms with Crippen molar-refractivity contribution in [3.63, 3.8) is 0 Å². The first-order valence-corrected chi connectivity index (χ1v) is 8.28. The third-order valence-corrected chi connectivity index (χ3v) is 3.81. The quantitative estimate of drug-likeness (QED) is 0.358. The molecular weight excluding hydrogens is 346 g/mol. The first-order chi connectivity index (χ1) is 13.2. The smallest absolute Gasteiger partial charge is 0.311 e. The lowest BCUT2D eigenvalue weighted by Crippen LogP contribution is -2.08. The number of pyridine rings is 1. The average Bonchev–Trinajstić information content (AvgIpc) is 3.19. The van der Waals surface area contributed by atoms with E-state index in [0.717, 1.165) is 13.0 Å². The largest absolute Gasteiger partial charge is 0.370 e. The summed E-state index contributed by atoms with van der Waals surface area (Å²) in [6.07, 6.45) is 6.23. The molecule has 2 heterocycles. The van der Waals surface area contributed by atoms with Gasteiger partial charge in [-0.15, -0.1) is 0 Å². The highest BCUT2D eigenvalue weighted by atomic mass is 16.6. The van der Waals surface area contributed by atoms with Crippen LogP contribution in [0.3, 0.4) is 0 Å². The first-order valence-electron chi connectivity index (χ1n) is 8.28. The number of rotatable bonds is 8. The molecule has 0 aliphatic carbocycles. The fraction of sp³-hybridized carbons (Fsp3) is 0.167. The van der Waals surface area contributed by atoms with E-state index in [-0.39, 0.29) is 11.5 Å². The zero-order valence-electron chi connectivity index (χ0n) is 14.4. The van der Waals surface area contributed by atoms with Crippen LogP contribution >= 0.6 is 0 Å². The van der Waals surface area contributed by atoms with Crippen molar-refractivity contribution in [2.24, 2.45) is 0 Å². The van der Waals surface area contributed by atoms with Gasteiger partial charge < -0.3 is 15.2 Å². The molecule has 0 fully saturated rings. The molecule has 0 radical (unpaired) electrons. The number of imidazole rings is 1. The van der Waals surface area contributed by atoms with E-state index in [2.05, 4.69) is 20.6 Å². The van der Waals surface area contributed by atoms with Crippen molar-refractivity contribution >= 4 is 23.0 Å². The Morgan fingerprint density at radius 2 is 2.04 bits per heavy atom. The minimum absolute atomic E-state index is 0.122. The number of nitrogens with zero attached hydrogens (tertiary/aromatic N) is 5. The van der Waals surface area contributed by atoms with Crippen molar-refractivity contribution in [2.75, 3.05) is 17.2 Å². The number of benzene rings is 1. The Kier molecular flexibility index (Phi) is 5.59. The number of aryl methyl sites for hydroxylation is 1. The van der Waals surface area contributed by atoms with E-state index in [1.807, 2.05) is 16.8 Å². The van der Waals surface area contributed by atoms with Crippen LogP contribution in [0.15, 0.2) is 55.1 Å². The number of nitriles is 1. The summed E-state index contributed by atoms with van der Waals surface area (Å²) in [6, 6.07) is 11.6. The van der Waals surface area contributed by atoms with Crippen molar-refractivity contribution in [3.8, 4) is 6.07 Å². The van der Waals surface area contributed by atoms with E-state index in [0.29, 0.717) is 23.6 Å². The first kappa shape index (κ1) is 17.9. The normalized spacial score (nSPS) is 10.2. The number of aromatic nitrogens is 3. The number of hydrogen-bond donors (Lipinski definition) is 2. The second kappa shape index (κ2) is 8.44. The van der Waals surface area contributed by atoms with E-state index >= 15 is 0 Å². The van der Waals surface area contributed by atoms with Gasteiger partial charge in [0.2, 0.25) is 5.82 Å². The van der Waals surface area contributed by atoms with Crippen LogP contribution in [0.2, 0.25) is 0 Å². The molecule has 0 atom stereocenters. The molecule has 0 spiro atoms. The molecule has 3 aromatic rings. The molecular formula is C18H17N7O2. The lowest BCUT2D eigenvalue weighted by atomic mass is 10.2. The summed E-state index contributed by atoms with van der Waals surface area (Å²) in [7, 11) is 0. The van der Waals surface area contributed by atoms with Gasteiger partial charge in [-0.3, -0.25) is 10.1 Å². The van der Waals surface area contributed by atoms with Crippen LogP contribution in [0.25, 0.3) is 0 Å². The maximum atomic E-state index is 11.3. The van der Waals surface area contributed by atoms with Crippen molar-refractivity contribution < 1.29 is 4.92 Å². The summed E-state index contributed by atoms with van der Waals surface area (Å²) in [5.41, 5.74) is 1.00. The molecule has 136 valence electrons. The van der Waals surface area contributed by atoms with Crippen LogP contribution in [0.4, 0.5) is 23.0 Å². The maximum absolute atomic E-state index is 11.3. The van der Waals surface area contributed by atoms with E-state index in [4.69, 9.17) is 5.26 Å². The van der Waals surface area contributed by atoms with Crippen LogP contribution in [-0.4, -0.2) is 26.0 Å². The van der Waals surface area contributed by atoms with Gasteiger partial charge in [-0.25, -0.2) is 9.97 Å². The fourth-order valence-electron chi connectivity index (χ4n) is 2.45. The lowest BCUT2D eigenvalue weighted by molar-refractivity contribution is -0.384. The van der Waals surface area contributed by atoms with E-state index in [1.165, 1.54) is 6.07 Å². The van der Waals surface area contributed by atoms with Crippen molar-refractivity contribution in [3.05, 3.63) is 70.8 Å². The number of nitro groups is 1. The molecule has 0 bridgehead atoms. The fourth-order valence-corrected chi connectivity index (χ4v) is 2.45. The molecule has 0 saturated carbocycles. The van der Waals surface area contributed by atoms with Gasteiger partial charge >= 0.3 is 5.69 Å². The number of anilines is 3. The van der Waals surface area contributed by atoms with Gasteiger partial charge in [0.15, 0.2) is 0 Å².